The van der Waals surface area contributed by atoms with Crippen LogP contribution in [-0.2, 0) is 24.2 Å². The summed E-state index contributed by atoms with van der Waals surface area (Å²) in [7, 11) is 0. The number of rotatable bonds is 8. The van der Waals surface area contributed by atoms with Gasteiger partial charge in [-0.2, -0.15) is 0 Å². The summed E-state index contributed by atoms with van der Waals surface area (Å²) in [6.07, 6.45) is 3.37. The molecule has 32 heavy (non-hydrogen) atoms. The van der Waals surface area contributed by atoms with Gasteiger partial charge in [0.1, 0.15) is 0 Å². The van der Waals surface area contributed by atoms with E-state index in [1.807, 2.05) is 0 Å². The molecule has 6 heteroatoms. The molecule has 1 atom stereocenters. The number of guanidine groups is 1. The van der Waals surface area contributed by atoms with Crippen molar-refractivity contribution in [2.75, 3.05) is 32.8 Å². The van der Waals surface area contributed by atoms with E-state index in [-0.39, 0.29) is 0 Å². The van der Waals surface area contributed by atoms with E-state index in [9.17, 15) is 0 Å². The Balaban J connectivity index is 1.32. The largest absolute Gasteiger partial charge is 0.376 e. The molecule has 170 valence electrons. The van der Waals surface area contributed by atoms with Crippen LogP contribution in [0, 0.1) is 0 Å². The van der Waals surface area contributed by atoms with Gasteiger partial charge in [-0.1, -0.05) is 42.5 Å². The Morgan fingerprint density at radius 3 is 2.91 bits per heavy atom. The number of H-pyrrole nitrogens is 1. The van der Waals surface area contributed by atoms with Crippen LogP contribution in [0.5, 0.6) is 0 Å². The SMILES string of the molecule is CCNC(=NCc1cccc(CN2CCOC(C)C2)c1)NCCc1c[nH]c2ccccc12. The molecule has 0 radical (unpaired) electrons. The molecule has 6 nitrogen and oxygen atoms in total. The summed E-state index contributed by atoms with van der Waals surface area (Å²) in [6, 6.07) is 17.2. The first-order chi connectivity index (χ1) is 15.7. The van der Waals surface area contributed by atoms with Gasteiger partial charge in [-0.05, 0) is 43.0 Å². The minimum absolute atomic E-state index is 0.314. The monoisotopic (exact) mass is 433 g/mol. The number of fused-ring (bicyclic) bond motifs is 1. The van der Waals surface area contributed by atoms with Gasteiger partial charge in [0.25, 0.3) is 0 Å². The maximum Gasteiger partial charge on any atom is 0.191 e. The minimum Gasteiger partial charge on any atom is -0.376 e. The summed E-state index contributed by atoms with van der Waals surface area (Å²) in [4.78, 5) is 10.6. The zero-order valence-electron chi connectivity index (χ0n) is 19.2. The molecular formula is C26H35N5O. The Morgan fingerprint density at radius 2 is 2.03 bits per heavy atom. The quantitative estimate of drug-likeness (QED) is 0.375. The smallest absolute Gasteiger partial charge is 0.191 e. The molecule has 1 unspecified atom stereocenters. The van der Waals surface area contributed by atoms with E-state index in [1.165, 1.54) is 27.6 Å². The standard InChI is InChI=1S/C26H35N5O/c1-3-27-26(28-12-11-23-17-29-25-10-5-4-9-24(23)25)30-16-21-7-6-8-22(15-21)19-31-13-14-32-20(2)18-31/h4-10,15,17,20,29H,3,11-14,16,18-19H2,1-2H3,(H2,27,28,30). The lowest BCUT2D eigenvalue weighted by atomic mass is 10.1. The Bertz CT molecular complexity index is 1030. The number of morpholine rings is 1. The molecule has 2 aromatic carbocycles. The van der Waals surface area contributed by atoms with Crippen molar-refractivity contribution in [1.29, 1.82) is 0 Å². The van der Waals surface area contributed by atoms with Crippen molar-refractivity contribution in [1.82, 2.24) is 20.5 Å². The highest BCUT2D eigenvalue weighted by atomic mass is 16.5. The van der Waals surface area contributed by atoms with Crippen LogP contribution >= 0.6 is 0 Å². The highest BCUT2D eigenvalue weighted by molar-refractivity contribution is 5.83. The molecule has 1 aliphatic heterocycles. The zero-order valence-corrected chi connectivity index (χ0v) is 19.2. The number of benzene rings is 2. The van der Waals surface area contributed by atoms with Gasteiger partial charge >= 0.3 is 0 Å². The second kappa shape index (κ2) is 11.2. The van der Waals surface area contributed by atoms with Gasteiger partial charge in [0.15, 0.2) is 5.96 Å². The van der Waals surface area contributed by atoms with E-state index in [4.69, 9.17) is 9.73 Å². The Labute approximate surface area is 191 Å². The number of ether oxygens (including phenoxy) is 1. The molecule has 3 N–H and O–H groups in total. The number of nitrogens with one attached hydrogen (secondary N) is 3. The lowest BCUT2D eigenvalue weighted by Gasteiger charge is -2.31. The van der Waals surface area contributed by atoms with Crippen LogP contribution < -0.4 is 10.6 Å². The van der Waals surface area contributed by atoms with Crippen LogP contribution in [0.2, 0.25) is 0 Å². The van der Waals surface area contributed by atoms with Crippen LogP contribution in [0.25, 0.3) is 10.9 Å². The van der Waals surface area contributed by atoms with E-state index >= 15 is 0 Å². The molecule has 3 aromatic rings. The maximum absolute atomic E-state index is 5.66. The number of nitrogens with zero attached hydrogens (tertiary/aromatic N) is 2. The fourth-order valence-corrected chi connectivity index (χ4v) is 4.28. The van der Waals surface area contributed by atoms with Gasteiger partial charge in [0.2, 0.25) is 0 Å². The van der Waals surface area contributed by atoms with E-state index < -0.39 is 0 Å². The van der Waals surface area contributed by atoms with Crippen LogP contribution in [0.1, 0.15) is 30.5 Å². The first-order valence-corrected chi connectivity index (χ1v) is 11.7. The third kappa shape index (κ3) is 6.11. The molecular weight excluding hydrogens is 398 g/mol. The fourth-order valence-electron chi connectivity index (χ4n) is 4.28. The molecule has 0 spiro atoms. The van der Waals surface area contributed by atoms with E-state index in [1.54, 1.807) is 0 Å². The summed E-state index contributed by atoms with van der Waals surface area (Å²) < 4.78 is 5.66. The van der Waals surface area contributed by atoms with Crippen molar-refractivity contribution in [3.63, 3.8) is 0 Å². The Morgan fingerprint density at radius 1 is 1.16 bits per heavy atom. The van der Waals surface area contributed by atoms with Crippen molar-refractivity contribution in [3.8, 4) is 0 Å². The Hall–Kier alpha value is -2.83. The number of para-hydroxylation sites is 1. The summed E-state index contributed by atoms with van der Waals surface area (Å²) in [5.41, 5.74) is 5.09. The first kappa shape index (κ1) is 22.4. The molecule has 0 aliphatic carbocycles. The van der Waals surface area contributed by atoms with Gasteiger partial charge in [-0.15, -0.1) is 0 Å². The highest BCUT2D eigenvalue weighted by Crippen LogP contribution is 2.17. The number of aliphatic imine (C=N–C) groups is 1. The van der Waals surface area contributed by atoms with Gasteiger partial charge in [0, 0.05) is 49.8 Å². The van der Waals surface area contributed by atoms with Gasteiger partial charge < -0.3 is 20.4 Å². The summed E-state index contributed by atoms with van der Waals surface area (Å²) in [5, 5.41) is 8.14. The van der Waals surface area contributed by atoms with Crippen molar-refractivity contribution >= 4 is 16.9 Å². The lowest BCUT2D eigenvalue weighted by molar-refractivity contribution is -0.0212. The number of hydrogen-bond acceptors (Lipinski definition) is 3. The topological polar surface area (TPSA) is 64.7 Å². The van der Waals surface area contributed by atoms with Gasteiger partial charge in [-0.25, -0.2) is 4.99 Å². The van der Waals surface area contributed by atoms with Crippen molar-refractivity contribution in [3.05, 3.63) is 71.4 Å². The summed E-state index contributed by atoms with van der Waals surface area (Å²) in [6.45, 7) is 10.4. The molecule has 1 aromatic heterocycles. The first-order valence-electron chi connectivity index (χ1n) is 11.7. The number of aromatic nitrogens is 1. The van der Waals surface area contributed by atoms with E-state index in [0.29, 0.717) is 12.6 Å². The zero-order chi connectivity index (χ0) is 22.2. The predicted molar refractivity (Wildman–Crippen MR) is 132 cm³/mol. The van der Waals surface area contributed by atoms with Crippen molar-refractivity contribution in [2.24, 2.45) is 4.99 Å². The fraction of sp³-hybridized carbons (Fsp3) is 0.423. The predicted octanol–water partition coefficient (Wildman–Crippen LogP) is 3.69. The maximum atomic E-state index is 5.66. The lowest BCUT2D eigenvalue weighted by Crippen LogP contribution is -2.40. The third-order valence-electron chi connectivity index (χ3n) is 5.85. The van der Waals surface area contributed by atoms with Crippen LogP contribution in [0.4, 0.5) is 0 Å². The molecule has 0 saturated carbocycles. The number of aromatic amines is 1. The van der Waals surface area contributed by atoms with Crippen LogP contribution in [0.15, 0.2) is 59.7 Å². The molecule has 0 amide bonds. The van der Waals surface area contributed by atoms with Gasteiger partial charge in [-0.3, -0.25) is 4.90 Å². The van der Waals surface area contributed by atoms with Crippen molar-refractivity contribution < 1.29 is 4.74 Å². The van der Waals surface area contributed by atoms with Crippen molar-refractivity contribution in [2.45, 2.75) is 39.5 Å². The van der Waals surface area contributed by atoms with Gasteiger partial charge in [0.05, 0.1) is 19.3 Å². The molecule has 4 rings (SSSR count). The average Bonchev–Trinajstić information content (AvgIpc) is 3.21. The van der Waals surface area contributed by atoms with E-state index in [0.717, 1.165) is 51.7 Å². The molecule has 1 fully saturated rings. The molecule has 2 heterocycles. The Kier molecular flexibility index (Phi) is 7.80. The minimum atomic E-state index is 0.314. The molecule has 0 bridgehead atoms. The summed E-state index contributed by atoms with van der Waals surface area (Å²) in [5.74, 6) is 0.861. The summed E-state index contributed by atoms with van der Waals surface area (Å²) >= 11 is 0. The van der Waals surface area contributed by atoms with Crippen LogP contribution in [0.3, 0.4) is 0 Å². The van der Waals surface area contributed by atoms with E-state index in [2.05, 4.69) is 89.1 Å². The third-order valence-corrected chi connectivity index (χ3v) is 5.85. The molecule has 1 aliphatic rings. The highest BCUT2D eigenvalue weighted by Gasteiger charge is 2.16. The van der Waals surface area contributed by atoms with Crippen LogP contribution in [-0.4, -0.2) is 54.7 Å². The normalized spacial score (nSPS) is 17.6. The second-order valence-corrected chi connectivity index (χ2v) is 8.47. The second-order valence-electron chi connectivity index (χ2n) is 8.47. The molecule has 1 saturated heterocycles. The number of hydrogen-bond donors (Lipinski definition) is 3. The average molecular weight is 434 g/mol.